The Morgan fingerprint density at radius 2 is 1.91 bits per heavy atom. The van der Waals surface area contributed by atoms with Gasteiger partial charge in [0.1, 0.15) is 0 Å². The lowest BCUT2D eigenvalue weighted by molar-refractivity contribution is -0.114. The molecule has 1 fully saturated rings. The molecule has 6 heteroatoms. The van der Waals surface area contributed by atoms with Crippen molar-refractivity contribution in [2.24, 2.45) is 11.8 Å². The van der Waals surface area contributed by atoms with Crippen LogP contribution in [0.4, 0.5) is 5.69 Å². The van der Waals surface area contributed by atoms with Crippen molar-refractivity contribution >= 4 is 21.6 Å². The van der Waals surface area contributed by atoms with E-state index in [9.17, 15) is 13.2 Å². The normalized spacial score (nSPS) is 25.1. The summed E-state index contributed by atoms with van der Waals surface area (Å²) in [5, 5.41) is 2.63. The molecule has 3 unspecified atom stereocenters. The van der Waals surface area contributed by atoms with E-state index in [2.05, 4.69) is 23.9 Å². The molecule has 2 N–H and O–H groups in total. The minimum Gasteiger partial charge on any atom is -0.326 e. The topological polar surface area (TPSA) is 75.3 Å². The Hall–Kier alpha value is -1.40. The fourth-order valence-electron chi connectivity index (χ4n) is 3.18. The molecule has 0 aromatic heterocycles. The first-order chi connectivity index (χ1) is 10.7. The van der Waals surface area contributed by atoms with Gasteiger partial charge in [0.15, 0.2) is 0 Å². The highest BCUT2D eigenvalue weighted by molar-refractivity contribution is 7.89. The second-order valence-corrected chi connectivity index (χ2v) is 8.34. The van der Waals surface area contributed by atoms with Crippen LogP contribution in [0.3, 0.4) is 0 Å². The Kier molecular flexibility index (Phi) is 5.47. The summed E-state index contributed by atoms with van der Waals surface area (Å²) < 4.78 is 28.4. The Balaban J connectivity index is 2.26. The zero-order valence-electron chi connectivity index (χ0n) is 14.2. The fraction of sp³-hybridized carbons (Fsp3) is 0.588. The predicted molar refractivity (Wildman–Crippen MR) is 91.8 cm³/mol. The molecular weight excluding hydrogens is 312 g/mol. The lowest BCUT2D eigenvalue weighted by Crippen LogP contribution is -2.43. The zero-order valence-corrected chi connectivity index (χ0v) is 15.0. The Labute approximate surface area is 138 Å². The van der Waals surface area contributed by atoms with Gasteiger partial charge in [0.25, 0.3) is 0 Å². The molecule has 2 rings (SSSR count). The van der Waals surface area contributed by atoms with Gasteiger partial charge in [-0.2, -0.15) is 0 Å². The van der Waals surface area contributed by atoms with Crippen molar-refractivity contribution in [3.05, 3.63) is 23.8 Å². The number of aryl methyl sites for hydroxylation is 1. The molecule has 1 saturated carbocycles. The van der Waals surface area contributed by atoms with Gasteiger partial charge in [0, 0.05) is 18.7 Å². The lowest BCUT2D eigenvalue weighted by Gasteiger charge is -2.34. The SMILES string of the molecule is CC(=O)Nc1ccc(C)c(S(=O)(=O)NC2CCCC(C)C2C)c1. The van der Waals surface area contributed by atoms with E-state index in [-0.39, 0.29) is 16.8 Å². The Morgan fingerprint density at radius 3 is 2.57 bits per heavy atom. The number of hydrogen-bond donors (Lipinski definition) is 2. The number of benzene rings is 1. The van der Waals surface area contributed by atoms with Crippen LogP contribution >= 0.6 is 0 Å². The number of carbonyl (C=O) groups is 1. The highest BCUT2D eigenvalue weighted by atomic mass is 32.2. The lowest BCUT2D eigenvalue weighted by atomic mass is 9.78. The molecule has 0 aliphatic heterocycles. The third-order valence-electron chi connectivity index (χ3n) is 4.81. The number of rotatable bonds is 4. The highest BCUT2D eigenvalue weighted by Gasteiger charge is 2.31. The number of sulfonamides is 1. The summed E-state index contributed by atoms with van der Waals surface area (Å²) in [6.07, 6.45) is 3.06. The Bertz CT molecular complexity index is 685. The van der Waals surface area contributed by atoms with Gasteiger partial charge in [0.05, 0.1) is 4.90 Å². The monoisotopic (exact) mass is 338 g/mol. The Morgan fingerprint density at radius 1 is 1.22 bits per heavy atom. The molecule has 1 aliphatic carbocycles. The second kappa shape index (κ2) is 7.01. The average Bonchev–Trinajstić information content (AvgIpc) is 2.45. The van der Waals surface area contributed by atoms with Gasteiger partial charge in [-0.05, 0) is 42.9 Å². The van der Waals surface area contributed by atoms with Gasteiger partial charge in [0.2, 0.25) is 15.9 Å². The molecule has 1 aromatic rings. The van der Waals surface area contributed by atoms with Crippen LogP contribution in [0, 0.1) is 18.8 Å². The maximum absolute atomic E-state index is 12.8. The van der Waals surface area contributed by atoms with Gasteiger partial charge >= 0.3 is 0 Å². The highest BCUT2D eigenvalue weighted by Crippen LogP contribution is 2.31. The van der Waals surface area contributed by atoms with E-state index in [1.165, 1.54) is 13.0 Å². The number of anilines is 1. The molecule has 0 heterocycles. The van der Waals surface area contributed by atoms with E-state index in [1.54, 1.807) is 19.1 Å². The van der Waals surface area contributed by atoms with Crippen molar-refractivity contribution in [1.29, 1.82) is 0 Å². The molecule has 1 aromatic carbocycles. The standard InChI is InChI=1S/C17H26N2O3S/c1-11-6-5-7-16(13(11)3)19-23(21,22)17-10-15(18-14(4)20)9-8-12(17)2/h8-11,13,16,19H,5-7H2,1-4H3,(H,18,20). The van der Waals surface area contributed by atoms with Crippen molar-refractivity contribution in [1.82, 2.24) is 4.72 Å². The van der Waals surface area contributed by atoms with Crippen LogP contribution in [0.15, 0.2) is 23.1 Å². The van der Waals surface area contributed by atoms with Gasteiger partial charge in [-0.1, -0.05) is 32.8 Å². The number of nitrogens with one attached hydrogen (secondary N) is 2. The summed E-state index contributed by atoms with van der Waals surface area (Å²) in [4.78, 5) is 11.4. The van der Waals surface area contributed by atoms with Crippen LogP contribution in [0.2, 0.25) is 0 Å². The van der Waals surface area contributed by atoms with Crippen LogP contribution in [0.25, 0.3) is 0 Å². The number of carbonyl (C=O) groups excluding carboxylic acids is 1. The first-order valence-corrected chi connectivity index (χ1v) is 9.59. The average molecular weight is 338 g/mol. The molecule has 1 aliphatic rings. The summed E-state index contributed by atoms with van der Waals surface area (Å²) >= 11 is 0. The summed E-state index contributed by atoms with van der Waals surface area (Å²) in [5.74, 6) is 0.612. The molecule has 0 bridgehead atoms. The van der Waals surface area contributed by atoms with E-state index in [4.69, 9.17) is 0 Å². The van der Waals surface area contributed by atoms with Crippen LogP contribution < -0.4 is 10.0 Å². The molecule has 0 saturated heterocycles. The summed E-state index contributed by atoms with van der Waals surface area (Å²) in [5.41, 5.74) is 1.16. The maximum Gasteiger partial charge on any atom is 0.241 e. The smallest absolute Gasteiger partial charge is 0.241 e. The van der Waals surface area contributed by atoms with Crippen molar-refractivity contribution in [2.45, 2.75) is 57.9 Å². The summed E-state index contributed by atoms with van der Waals surface area (Å²) in [7, 11) is -3.61. The maximum atomic E-state index is 12.8. The molecule has 23 heavy (non-hydrogen) atoms. The molecule has 0 radical (unpaired) electrons. The number of hydrogen-bond acceptors (Lipinski definition) is 3. The van der Waals surface area contributed by atoms with Crippen molar-refractivity contribution in [2.75, 3.05) is 5.32 Å². The van der Waals surface area contributed by atoms with Crippen LogP contribution in [0.1, 0.15) is 45.6 Å². The summed E-state index contributed by atoms with van der Waals surface area (Å²) in [6.45, 7) is 7.45. The van der Waals surface area contributed by atoms with E-state index in [1.807, 2.05) is 0 Å². The molecule has 5 nitrogen and oxygen atoms in total. The largest absolute Gasteiger partial charge is 0.326 e. The molecular formula is C17H26N2O3S. The first kappa shape index (κ1) is 17.9. The molecule has 0 spiro atoms. The van der Waals surface area contributed by atoms with E-state index in [0.717, 1.165) is 19.3 Å². The van der Waals surface area contributed by atoms with Gasteiger partial charge in [-0.3, -0.25) is 4.79 Å². The molecule has 1 amide bonds. The first-order valence-electron chi connectivity index (χ1n) is 8.11. The predicted octanol–water partition coefficient (Wildman–Crippen LogP) is 3.06. The zero-order chi connectivity index (χ0) is 17.2. The van der Waals surface area contributed by atoms with E-state index in [0.29, 0.717) is 23.1 Å². The molecule has 128 valence electrons. The minimum absolute atomic E-state index is 0.0347. The van der Waals surface area contributed by atoms with E-state index >= 15 is 0 Å². The van der Waals surface area contributed by atoms with Crippen molar-refractivity contribution in [3.63, 3.8) is 0 Å². The number of amides is 1. The minimum atomic E-state index is -3.61. The second-order valence-electron chi connectivity index (χ2n) is 6.66. The summed E-state index contributed by atoms with van der Waals surface area (Å²) in [6, 6.07) is 4.91. The van der Waals surface area contributed by atoms with Gasteiger partial charge in [-0.15, -0.1) is 0 Å². The van der Waals surface area contributed by atoms with Crippen LogP contribution in [0.5, 0.6) is 0 Å². The third kappa shape index (κ3) is 4.32. The van der Waals surface area contributed by atoms with Gasteiger partial charge < -0.3 is 5.32 Å². The van der Waals surface area contributed by atoms with Crippen molar-refractivity contribution in [3.8, 4) is 0 Å². The van der Waals surface area contributed by atoms with Crippen LogP contribution in [-0.4, -0.2) is 20.4 Å². The van der Waals surface area contributed by atoms with Gasteiger partial charge in [-0.25, -0.2) is 13.1 Å². The van der Waals surface area contributed by atoms with E-state index < -0.39 is 10.0 Å². The quantitative estimate of drug-likeness (QED) is 0.886. The molecule has 3 atom stereocenters. The van der Waals surface area contributed by atoms with Crippen LogP contribution in [-0.2, 0) is 14.8 Å². The third-order valence-corrected chi connectivity index (χ3v) is 6.44. The fourth-order valence-corrected chi connectivity index (χ4v) is 4.81. The van der Waals surface area contributed by atoms with Crippen molar-refractivity contribution < 1.29 is 13.2 Å².